The number of hydrogen-bond donors (Lipinski definition) is 1. The van der Waals surface area contributed by atoms with E-state index >= 15 is 0 Å². The number of aromatic nitrogens is 3. The first-order valence-electron chi connectivity index (χ1n) is 6.89. The van der Waals surface area contributed by atoms with E-state index in [4.69, 9.17) is 5.73 Å². The quantitative estimate of drug-likeness (QED) is 0.811. The fourth-order valence-electron chi connectivity index (χ4n) is 3.33. The molecule has 100 valence electrons. The average Bonchev–Trinajstić information content (AvgIpc) is 3.04. The van der Waals surface area contributed by atoms with Crippen molar-refractivity contribution in [1.82, 2.24) is 19.3 Å². The second-order valence-electron chi connectivity index (χ2n) is 5.43. The van der Waals surface area contributed by atoms with Crippen molar-refractivity contribution in [2.45, 2.75) is 18.9 Å². The van der Waals surface area contributed by atoms with Crippen LogP contribution in [0.15, 0.2) is 18.6 Å². The van der Waals surface area contributed by atoms with E-state index in [0.717, 1.165) is 31.1 Å². The number of piperazine rings is 1. The van der Waals surface area contributed by atoms with Crippen molar-refractivity contribution in [2.24, 2.45) is 0 Å². The van der Waals surface area contributed by atoms with Gasteiger partial charge in [-0.2, -0.15) is 0 Å². The standard InChI is InChI=1S/C13H18N6/c14-11-9-18-5-3-15-12(18)13(16-11)19-7-6-17-4-1-2-10(17)8-19/h3,5,9-10H,1-2,4,6-8,14H2. The molecule has 0 saturated carbocycles. The minimum absolute atomic E-state index is 0.550. The van der Waals surface area contributed by atoms with Crippen LogP contribution in [-0.2, 0) is 0 Å². The molecular weight excluding hydrogens is 240 g/mol. The van der Waals surface area contributed by atoms with Crippen LogP contribution in [0.3, 0.4) is 0 Å². The molecule has 2 aromatic heterocycles. The molecule has 0 aliphatic carbocycles. The van der Waals surface area contributed by atoms with Gasteiger partial charge in [0.1, 0.15) is 5.82 Å². The van der Waals surface area contributed by atoms with Gasteiger partial charge in [-0.25, -0.2) is 9.97 Å². The Morgan fingerprint density at radius 3 is 3.16 bits per heavy atom. The molecule has 6 heteroatoms. The van der Waals surface area contributed by atoms with Crippen molar-refractivity contribution >= 4 is 17.3 Å². The van der Waals surface area contributed by atoms with Crippen LogP contribution >= 0.6 is 0 Å². The summed E-state index contributed by atoms with van der Waals surface area (Å²) in [7, 11) is 0. The number of nitrogens with two attached hydrogens (primary N) is 1. The topological polar surface area (TPSA) is 62.7 Å². The first-order chi connectivity index (χ1) is 9.31. The molecule has 2 aliphatic rings. The van der Waals surface area contributed by atoms with Crippen LogP contribution in [0.4, 0.5) is 11.6 Å². The van der Waals surface area contributed by atoms with Gasteiger partial charge in [0.25, 0.3) is 0 Å². The van der Waals surface area contributed by atoms with Crippen LogP contribution in [0.1, 0.15) is 12.8 Å². The van der Waals surface area contributed by atoms with Gasteiger partial charge in [-0.05, 0) is 19.4 Å². The number of hydrogen-bond acceptors (Lipinski definition) is 5. The molecule has 1 unspecified atom stereocenters. The van der Waals surface area contributed by atoms with Crippen LogP contribution < -0.4 is 10.6 Å². The van der Waals surface area contributed by atoms with Crippen LogP contribution in [0, 0.1) is 0 Å². The molecule has 2 fully saturated rings. The smallest absolute Gasteiger partial charge is 0.180 e. The van der Waals surface area contributed by atoms with Crippen molar-refractivity contribution in [2.75, 3.05) is 36.8 Å². The maximum absolute atomic E-state index is 5.90. The number of nitrogen functional groups attached to an aromatic ring is 1. The van der Waals surface area contributed by atoms with Gasteiger partial charge in [-0.15, -0.1) is 0 Å². The lowest BCUT2D eigenvalue weighted by Crippen LogP contribution is -2.50. The van der Waals surface area contributed by atoms with Gasteiger partial charge in [-0.3, -0.25) is 4.90 Å². The summed E-state index contributed by atoms with van der Waals surface area (Å²) in [5.74, 6) is 1.48. The summed E-state index contributed by atoms with van der Waals surface area (Å²) in [6.07, 6.45) is 8.15. The molecule has 0 amide bonds. The van der Waals surface area contributed by atoms with Crippen molar-refractivity contribution < 1.29 is 0 Å². The summed E-state index contributed by atoms with van der Waals surface area (Å²) >= 11 is 0. The molecule has 19 heavy (non-hydrogen) atoms. The largest absolute Gasteiger partial charge is 0.382 e. The van der Waals surface area contributed by atoms with Crippen LogP contribution in [0.5, 0.6) is 0 Å². The predicted molar refractivity (Wildman–Crippen MR) is 74.2 cm³/mol. The Bertz CT molecular complexity index is 606. The number of nitrogens with zero attached hydrogens (tertiary/aromatic N) is 5. The molecule has 4 rings (SSSR count). The highest BCUT2D eigenvalue weighted by atomic mass is 15.3. The summed E-state index contributed by atoms with van der Waals surface area (Å²) in [5, 5.41) is 0. The van der Waals surface area contributed by atoms with Gasteiger partial charge in [-0.1, -0.05) is 0 Å². The lowest BCUT2D eigenvalue weighted by molar-refractivity contribution is 0.230. The van der Waals surface area contributed by atoms with E-state index in [0.29, 0.717) is 11.9 Å². The molecule has 2 N–H and O–H groups in total. The Hall–Kier alpha value is -1.82. The Morgan fingerprint density at radius 2 is 2.21 bits per heavy atom. The molecule has 4 heterocycles. The zero-order valence-corrected chi connectivity index (χ0v) is 10.9. The second-order valence-corrected chi connectivity index (χ2v) is 5.43. The van der Waals surface area contributed by atoms with E-state index in [9.17, 15) is 0 Å². The van der Waals surface area contributed by atoms with Crippen LogP contribution in [0.25, 0.3) is 5.65 Å². The summed E-state index contributed by atoms with van der Waals surface area (Å²) < 4.78 is 1.96. The first-order valence-corrected chi connectivity index (χ1v) is 6.89. The third-order valence-electron chi connectivity index (χ3n) is 4.26. The average molecular weight is 258 g/mol. The van der Waals surface area contributed by atoms with E-state index in [1.54, 1.807) is 6.20 Å². The van der Waals surface area contributed by atoms with Gasteiger partial charge in [0.2, 0.25) is 0 Å². The maximum atomic E-state index is 5.90. The highest BCUT2D eigenvalue weighted by Gasteiger charge is 2.31. The summed E-state index contributed by atoms with van der Waals surface area (Å²) in [4.78, 5) is 13.9. The highest BCUT2D eigenvalue weighted by molar-refractivity contribution is 5.66. The number of anilines is 2. The maximum Gasteiger partial charge on any atom is 0.180 e. The molecule has 0 radical (unpaired) electrons. The molecule has 0 bridgehead atoms. The van der Waals surface area contributed by atoms with E-state index < -0.39 is 0 Å². The van der Waals surface area contributed by atoms with Gasteiger partial charge in [0.15, 0.2) is 11.5 Å². The molecule has 2 saturated heterocycles. The van der Waals surface area contributed by atoms with E-state index in [2.05, 4.69) is 19.8 Å². The van der Waals surface area contributed by atoms with Crippen molar-refractivity contribution in [3.8, 4) is 0 Å². The van der Waals surface area contributed by atoms with Crippen molar-refractivity contribution in [1.29, 1.82) is 0 Å². The fraction of sp³-hybridized carbons (Fsp3) is 0.538. The molecule has 0 spiro atoms. The molecule has 6 nitrogen and oxygen atoms in total. The van der Waals surface area contributed by atoms with Gasteiger partial charge < -0.3 is 15.0 Å². The lowest BCUT2D eigenvalue weighted by atomic mass is 10.1. The lowest BCUT2D eigenvalue weighted by Gasteiger charge is -2.38. The van der Waals surface area contributed by atoms with Gasteiger partial charge in [0.05, 0.1) is 6.20 Å². The minimum Gasteiger partial charge on any atom is -0.382 e. The Morgan fingerprint density at radius 1 is 1.26 bits per heavy atom. The number of imidazole rings is 1. The molecule has 0 aromatic carbocycles. The van der Waals surface area contributed by atoms with Gasteiger partial charge >= 0.3 is 0 Å². The first kappa shape index (κ1) is 11.0. The van der Waals surface area contributed by atoms with E-state index in [1.165, 1.54) is 19.4 Å². The number of rotatable bonds is 1. The monoisotopic (exact) mass is 258 g/mol. The molecule has 2 aliphatic heterocycles. The summed E-state index contributed by atoms with van der Waals surface area (Å²) in [5.41, 5.74) is 6.80. The predicted octanol–water partition coefficient (Wildman–Crippen LogP) is 0.596. The zero-order valence-electron chi connectivity index (χ0n) is 10.9. The van der Waals surface area contributed by atoms with Crippen molar-refractivity contribution in [3.63, 3.8) is 0 Å². The Balaban J connectivity index is 1.72. The second kappa shape index (κ2) is 4.09. The molecular formula is C13H18N6. The van der Waals surface area contributed by atoms with Crippen molar-refractivity contribution in [3.05, 3.63) is 18.6 Å². The normalized spacial score (nSPS) is 24.0. The van der Waals surface area contributed by atoms with E-state index in [1.807, 2.05) is 16.8 Å². The zero-order chi connectivity index (χ0) is 12.8. The Kier molecular flexibility index (Phi) is 2.38. The summed E-state index contributed by atoms with van der Waals surface area (Å²) in [6.45, 7) is 4.42. The minimum atomic E-state index is 0.550. The third kappa shape index (κ3) is 1.74. The Labute approximate surface area is 111 Å². The SMILES string of the molecule is Nc1cn2ccnc2c(N2CCN3CCCC3C2)n1. The van der Waals surface area contributed by atoms with E-state index in [-0.39, 0.29) is 0 Å². The molecule has 2 aromatic rings. The van der Waals surface area contributed by atoms with Crippen LogP contribution in [-0.4, -0.2) is 51.5 Å². The molecule has 1 atom stereocenters. The van der Waals surface area contributed by atoms with Gasteiger partial charge in [0, 0.05) is 38.1 Å². The summed E-state index contributed by atoms with van der Waals surface area (Å²) in [6, 6.07) is 0.673. The highest BCUT2D eigenvalue weighted by Crippen LogP contribution is 2.26. The fourth-order valence-corrected chi connectivity index (χ4v) is 3.33. The third-order valence-corrected chi connectivity index (χ3v) is 4.26. The van der Waals surface area contributed by atoms with Crippen LogP contribution in [0.2, 0.25) is 0 Å². The number of fused-ring (bicyclic) bond motifs is 2.